The molecule has 6 nitrogen and oxygen atoms in total. The Bertz CT molecular complexity index is 758. The molecule has 134 valence electrons. The molecule has 0 aliphatic heterocycles. The standard InChI is InChI=1S/C18H22ClN3O3/c1-12-7-8-14(25-12)10-22(3)11-18(24)20-9-17(23)21-16-6-4-5-15(19)13(16)2/h4-8H,9-11H2,1-3H3,(H,20,24)(H,21,23). The first-order valence-electron chi connectivity index (χ1n) is 7.90. The molecular formula is C18H22ClN3O3. The normalized spacial score (nSPS) is 10.8. The van der Waals surface area contributed by atoms with E-state index >= 15 is 0 Å². The molecule has 0 atom stereocenters. The Balaban J connectivity index is 1.75. The minimum absolute atomic E-state index is 0.0987. The second-order valence-electron chi connectivity index (χ2n) is 5.92. The molecule has 0 spiro atoms. The van der Waals surface area contributed by atoms with Gasteiger partial charge in [-0.25, -0.2) is 0 Å². The maximum absolute atomic E-state index is 12.0. The van der Waals surface area contributed by atoms with Gasteiger partial charge in [-0.3, -0.25) is 14.5 Å². The third-order valence-corrected chi connectivity index (χ3v) is 4.03. The third-order valence-electron chi connectivity index (χ3n) is 3.62. The molecule has 0 bridgehead atoms. The van der Waals surface area contributed by atoms with Gasteiger partial charge in [0.25, 0.3) is 0 Å². The maximum Gasteiger partial charge on any atom is 0.243 e. The van der Waals surface area contributed by atoms with E-state index in [2.05, 4.69) is 10.6 Å². The van der Waals surface area contributed by atoms with Crippen molar-refractivity contribution in [2.24, 2.45) is 0 Å². The molecule has 1 heterocycles. The lowest BCUT2D eigenvalue weighted by atomic mass is 10.2. The molecular weight excluding hydrogens is 342 g/mol. The number of nitrogens with one attached hydrogen (secondary N) is 2. The minimum atomic E-state index is -0.303. The van der Waals surface area contributed by atoms with Gasteiger partial charge in [-0.2, -0.15) is 0 Å². The highest BCUT2D eigenvalue weighted by molar-refractivity contribution is 6.31. The Kier molecular flexibility index (Phi) is 6.61. The largest absolute Gasteiger partial charge is 0.465 e. The number of rotatable bonds is 7. The third kappa shape index (κ3) is 5.92. The van der Waals surface area contributed by atoms with Crippen molar-refractivity contribution >= 4 is 29.1 Å². The van der Waals surface area contributed by atoms with Gasteiger partial charge < -0.3 is 15.1 Å². The van der Waals surface area contributed by atoms with E-state index in [0.717, 1.165) is 17.1 Å². The average Bonchev–Trinajstić information content (AvgIpc) is 2.94. The molecule has 0 fully saturated rings. The highest BCUT2D eigenvalue weighted by Gasteiger charge is 2.11. The number of aryl methyl sites for hydroxylation is 1. The van der Waals surface area contributed by atoms with Crippen LogP contribution in [0.2, 0.25) is 5.02 Å². The fourth-order valence-electron chi connectivity index (χ4n) is 2.31. The van der Waals surface area contributed by atoms with E-state index in [1.165, 1.54) is 0 Å². The van der Waals surface area contributed by atoms with Crippen LogP contribution in [0.4, 0.5) is 5.69 Å². The minimum Gasteiger partial charge on any atom is -0.465 e. The highest BCUT2D eigenvalue weighted by Crippen LogP contribution is 2.22. The van der Waals surface area contributed by atoms with Crippen LogP contribution in [-0.4, -0.2) is 36.9 Å². The number of carbonyl (C=O) groups is 2. The first kappa shape index (κ1) is 19.0. The fraction of sp³-hybridized carbons (Fsp3) is 0.333. The van der Waals surface area contributed by atoms with Crippen LogP contribution in [0.1, 0.15) is 17.1 Å². The maximum atomic E-state index is 12.0. The van der Waals surface area contributed by atoms with Gasteiger partial charge in [-0.05, 0) is 50.7 Å². The van der Waals surface area contributed by atoms with E-state index < -0.39 is 0 Å². The summed E-state index contributed by atoms with van der Waals surface area (Å²) >= 11 is 6.02. The van der Waals surface area contributed by atoms with Crippen molar-refractivity contribution in [2.45, 2.75) is 20.4 Å². The van der Waals surface area contributed by atoms with Crippen molar-refractivity contribution in [1.29, 1.82) is 0 Å². The Morgan fingerprint density at radius 3 is 2.60 bits per heavy atom. The molecule has 7 heteroatoms. The van der Waals surface area contributed by atoms with Gasteiger partial charge in [0.2, 0.25) is 11.8 Å². The van der Waals surface area contributed by atoms with E-state index in [-0.39, 0.29) is 24.9 Å². The van der Waals surface area contributed by atoms with Crippen LogP contribution in [0.15, 0.2) is 34.7 Å². The molecule has 2 amide bonds. The zero-order valence-corrected chi connectivity index (χ0v) is 15.3. The molecule has 0 radical (unpaired) electrons. The predicted octanol–water partition coefficient (Wildman–Crippen LogP) is 2.74. The van der Waals surface area contributed by atoms with Crippen molar-refractivity contribution in [3.63, 3.8) is 0 Å². The molecule has 2 N–H and O–H groups in total. The lowest BCUT2D eigenvalue weighted by molar-refractivity contribution is -0.124. The SMILES string of the molecule is Cc1ccc(CN(C)CC(=O)NCC(=O)Nc2cccc(Cl)c2C)o1. The number of amides is 2. The summed E-state index contributed by atoms with van der Waals surface area (Å²) in [5.74, 6) is 1.09. The summed E-state index contributed by atoms with van der Waals surface area (Å²) < 4.78 is 5.47. The molecule has 2 rings (SSSR count). The zero-order valence-electron chi connectivity index (χ0n) is 14.6. The van der Waals surface area contributed by atoms with Crippen LogP contribution in [0.5, 0.6) is 0 Å². The average molecular weight is 364 g/mol. The Morgan fingerprint density at radius 1 is 1.16 bits per heavy atom. The summed E-state index contributed by atoms with van der Waals surface area (Å²) in [6.07, 6.45) is 0. The Hall–Kier alpha value is -2.31. The quantitative estimate of drug-likeness (QED) is 0.793. The highest BCUT2D eigenvalue weighted by atomic mass is 35.5. The summed E-state index contributed by atoms with van der Waals surface area (Å²) in [6, 6.07) is 9.04. The van der Waals surface area contributed by atoms with Crippen molar-refractivity contribution in [3.8, 4) is 0 Å². The lowest BCUT2D eigenvalue weighted by Crippen LogP contribution is -2.39. The van der Waals surface area contributed by atoms with Gasteiger partial charge in [0.1, 0.15) is 11.5 Å². The molecule has 0 unspecified atom stereocenters. The van der Waals surface area contributed by atoms with Crippen LogP contribution < -0.4 is 10.6 Å². The molecule has 25 heavy (non-hydrogen) atoms. The van der Waals surface area contributed by atoms with E-state index in [1.54, 1.807) is 18.2 Å². The lowest BCUT2D eigenvalue weighted by Gasteiger charge is -2.15. The number of furan rings is 1. The van der Waals surface area contributed by atoms with E-state index in [1.807, 2.05) is 37.9 Å². The van der Waals surface area contributed by atoms with Gasteiger partial charge >= 0.3 is 0 Å². The Labute approximate surface area is 152 Å². The van der Waals surface area contributed by atoms with E-state index in [0.29, 0.717) is 17.3 Å². The molecule has 0 saturated carbocycles. The number of halogens is 1. The van der Waals surface area contributed by atoms with Crippen LogP contribution in [0.3, 0.4) is 0 Å². The topological polar surface area (TPSA) is 74.6 Å². The summed E-state index contributed by atoms with van der Waals surface area (Å²) in [5, 5.41) is 5.92. The number of hydrogen-bond donors (Lipinski definition) is 2. The summed E-state index contributed by atoms with van der Waals surface area (Å²) in [7, 11) is 1.81. The molecule has 0 aliphatic carbocycles. The first-order valence-corrected chi connectivity index (χ1v) is 8.28. The van der Waals surface area contributed by atoms with Crippen LogP contribution >= 0.6 is 11.6 Å². The van der Waals surface area contributed by atoms with Crippen molar-refractivity contribution in [2.75, 3.05) is 25.5 Å². The van der Waals surface area contributed by atoms with Crippen molar-refractivity contribution in [1.82, 2.24) is 10.2 Å². The molecule has 1 aromatic carbocycles. The van der Waals surface area contributed by atoms with Crippen molar-refractivity contribution < 1.29 is 14.0 Å². The monoisotopic (exact) mass is 363 g/mol. The number of nitrogens with zero attached hydrogens (tertiary/aromatic N) is 1. The van der Waals surface area contributed by atoms with Gasteiger partial charge in [0, 0.05) is 10.7 Å². The number of benzene rings is 1. The molecule has 0 aliphatic rings. The molecule has 0 saturated heterocycles. The second-order valence-corrected chi connectivity index (χ2v) is 6.33. The van der Waals surface area contributed by atoms with Crippen LogP contribution in [0.25, 0.3) is 0 Å². The molecule has 1 aromatic heterocycles. The zero-order chi connectivity index (χ0) is 18.4. The molecule has 2 aromatic rings. The van der Waals surface area contributed by atoms with Crippen LogP contribution in [-0.2, 0) is 16.1 Å². The summed E-state index contributed by atoms with van der Waals surface area (Å²) in [4.78, 5) is 25.7. The summed E-state index contributed by atoms with van der Waals surface area (Å²) in [5.41, 5.74) is 1.43. The Morgan fingerprint density at radius 2 is 1.92 bits per heavy atom. The van der Waals surface area contributed by atoms with E-state index in [9.17, 15) is 9.59 Å². The van der Waals surface area contributed by atoms with Gasteiger partial charge in [-0.15, -0.1) is 0 Å². The van der Waals surface area contributed by atoms with Gasteiger partial charge in [0.05, 0.1) is 19.6 Å². The fourth-order valence-corrected chi connectivity index (χ4v) is 2.48. The van der Waals surface area contributed by atoms with Crippen LogP contribution in [0, 0.1) is 13.8 Å². The van der Waals surface area contributed by atoms with E-state index in [4.69, 9.17) is 16.0 Å². The second kappa shape index (κ2) is 8.69. The van der Waals surface area contributed by atoms with Gasteiger partial charge in [0.15, 0.2) is 0 Å². The predicted molar refractivity (Wildman–Crippen MR) is 97.6 cm³/mol. The number of carbonyl (C=O) groups excluding carboxylic acids is 2. The van der Waals surface area contributed by atoms with Crippen molar-refractivity contribution in [3.05, 3.63) is 52.4 Å². The smallest absolute Gasteiger partial charge is 0.243 e. The number of hydrogen-bond acceptors (Lipinski definition) is 4. The number of likely N-dealkylation sites (N-methyl/N-ethyl adjacent to an activating group) is 1. The van der Waals surface area contributed by atoms with Gasteiger partial charge in [-0.1, -0.05) is 17.7 Å². The number of anilines is 1. The first-order chi connectivity index (χ1) is 11.8. The summed E-state index contributed by atoms with van der Waals surface area (Å²) in [6.45, 7) is 4.29.